The van der Waals surface area contributed by atoms with Gasteiger partial charge in [0.1, 0.15) is 6.61 Å². The largest absolute Gasteiger partial charge is 0.493 e. The first kappa shape index (κ1) is 14.5. The second kappa shape index (κ2) is 7.00. The van der Waals surface area contributed by atoms with Crippen molar-refractivity contribution in [1.29, 1.82) is 0 Å². The highest BCUT2D eigenvalue weighted by Crippen LogP contribution is 2.28. The average Bonchev–Trinajstić information content (AvgIpc) is 2.86. The van der Waals surface area contributed by atoms with E-state index in [2.05, 4.69) is 10.6 Å². The predicted octanol–water partition coefficient (Wildman–Crippen LogP) is 0.819. The molecule has 2 amide bonds. The molecule has 6 nitrogen and oxygen atoms in total. The molecule has 2 N–H and O–H groups in total. The number of nitrogens with zero attached hydrogens (tertiary/aromatic N) is 1. The van der Waals surface area contributed by atoms with Gasteiger partial charge < -0.3 is 25.0 Å². The summed E-state index contributed by atoms with van der Waals surface area (Å²) >= 11 is 0. The number of carbonyl (C=O) groups excluding carboxylic acids is 1. The van der Waals surface area contributed by atoms with Crippen LogP contribution in [0.25, 0.3) is 0 Å². The number of carbonyl (C=O) groups is 1. The van der Waals surface area contributed by atoms with E-state index in [1.807, 2.05) is 25.2 Å². The molecule has 0 atom stereocenters. The van der Waals surface area contributed by atoms with Gasteiger partial charge in [-0.2, -0.15) is 0 Å². The number of urea groups is 1. The lowest BCUT2D eigenvalue weighted by atomic mass is 10.2. The minimum Gasteiger partial charge on any atom is -0.493 e. The van der Waals surface area contributed by atoms with Crippen LogP contribution in [-0.4, -0.2) is 51.3 Å². The molecule has 1 aromatic rings. The monoisotopic (exact) mass is 279 g/mol. The maximum atomic E-state index is 11.4. The molecule has 0 bridgehead atoms. The molecule has 0 saturated carbocycles. The molecule has 2 rings (SSSR count). The summed E-state index contributed by atoms with van der Waals surface area (Å²) in [5, 5.41) is 5.85. The fraction of sp³-hybridized carbons (Fsp3) is 0.500. The highest BCUT2D eigenvalue weighted by molar-refractivity contribution is 5.76. The van der Waals surface area contributed by atoms with Crippen LogP contribution in [0.15, 0.2) is 18.2 Å². The third-order valence-electron chi connectivity index (χ3n) is 3.17. The van der Waals surface area contributed by atoms with E-state index < -0.39 is 0 Å². The van der Waals surface area contributed by atoms with Crippen molar-refractivity contribution in [3.05, 3.63) is 23.8 Å². The Labute approximate surface area is 119 Å². The van der Waals surface area contributed by atoms with Crippen LogP contribution >= 0.6 is 0 Å². The molecule has 0 aliphatic carbocycles. The van der Waals surface area contributed by atoms with Crippen molar-refractivity contribution in [2.45, 2.75) is 6.54 Å². The van der Waals surface area contributed by atoms with Gasteiger partial charge in [-0.05, 0) is 24.7 Å². The number of ether oxygens (including phenoxy) is 2. The molecular formula is C14H21N3O3. The van der Waals surface area contributed by atoms with Crippen molar-refractivity contribution in [1.82, 2.24) is 15.5 Å². The number of methoxy groups -OCH3 is 1. The van der Waals surface area contributed by atoms with Crippen molar-refractivity contribution in [2.24, 2.45) is 0 Å². The average molecular weight is 279 g/mol. The summed E-state index contributed by atoms with van der Waals surface area (Å²) in [7, 11) is 3.53. The first-order chi connectivity index (χ1) is 9.74. The number of nitrogens with one attached hydrogen (secondary N) is 2. The quantitative estimate of drug-likeness (QED) is 0.775. The molecule has 0 aromatic heterocycles. The van der Waals surface area contributed by atoms with Crippen LogP contribution < -0.4 is 20.1 Å². The zero-order chi connectivity index (χ0) is 14.4. The van der Waals surface area contributed by atoms with Gasteiger partial charge in [-0.15, -0.1) is 0 Å². The van der Waals surface area contributed by atoms with Gasteiger partial charge in [0.25, 0.3) is 0 Å². The van der Waals surface area contributed by atoms with E-state index in [0.29, 0.717) is 31.2 Å². The smallest absolute Gasteiger partial charge is 0.317 e. The molecule has 110 valence electrons. The zero-order valence-corrected chi connectivity index (χ0v) is 11.9. The van der Waals surface area contributed by atoms with Crippen molar-refractivity contribution < 1.29 is 14.3 Å². The Morgan fingerprint density at radius 3 is 2.90 bits per heavy atom. The van der Waals surface area contributed by atoms with E-state index in [1.54, 1.807) is 12.0 Å². The Balaban J connectivity index is 1.89. The molecule has 1 saturated heterocycles. The summed E-state index contributed by atoms with van der Waals surface area (Å²) in [6.45, 7) is 3.26. The summed E-state index contributed by atoms with van der Waals surface area (Å²) in [5.74, 6) is 1.41. The number of hydrogen-bond donors (Lipinski definition) is 2. The van der Waals surface area contributed by atoms with E-state index in [9.17, 15) is 4.79 Å². The highest BCUT2D eigenvalue weighted by Gasteiger charge is 2.18. The lowest BCUT2D eigenvalue weighted by Gasteiger charge is -2.16. The van der Waals surface area contributed by atoms with Gasteiger partial charge in [0, 0.05) is 19.6 Å². The molecule has 6 heteroatoms. The van der Waals surface area contributed by atoms with Gasteiger partial charge in [0.2, 0.25) is 0 Å². The van der Waals surface area contributed by atoms with Crippen molar-refractivity contribution in [3.8, 4) is 11.5 Å². The predicted molar refractivity (Wildman–Crippen MR) is 76.2 cm³/mol. The first-order valence-corrected chi connectivity index (χ1v) is 6.71. The normalized spacial score (nSPS) is 14.3. The van der Waals surface area contributed by atoms with Crippen molar-refractivity contribution >= 4 is 6.03 Å². The Hall–Kier alpha value is -1.95. The molecule has 0 unspecified atom stereocenters. The Morgan fingerprint density at radius 1 is 1.40 bits per heavy atom. The fourth-order valence-electron chi connectivity index (χ4n) is 2.14. The van der Waals surface area contributed by atoms with Crippen LogP contribution in [0.4, 0.5) is 4.79 Å². The Morgan fingerprint density at radius 2 is 2.25 bits per heavy atom. The highest BCUT2D eigenvalue weighted by atomic mass is 16.5. The van der Waals surface area contributed by atoms with Crippen LogP contribution in [0.2, 0.25) is 0 Å². The van der Waals surface area contributed by atoms with E-state index in [4.69, 9.17) is 9.47 Å². The van der Waals surface area contributed by atoms with Gasteiger partial charge in [-0.25, -0.2) is 4.79 Å². The number of amides is 2. The van der Waals surface area contributed by atoms with Crippen LogP contribution in [0.5, 0.6) is 11.5 Å². The maximum absolute atomic E-state index is 11.4. The van der Waals surface area contributed by atoms with Crippen LogP contribution in [0.3, 0.4) is 0 Å². The van der Waals surface area contributed by atoms with Crippen LogP contribution in [0, 0.1) is 0 Å². The summed E-state index contributed by atoms with van der Waals surface area (Å²) in [6.07, 6.45) is 0. The molecule has 20 heavy (non-hydrogen) atoms. The number of benzene rings is 1. The Kier molecular flexibility index (Phi) is 5.06. The van der Waals surface area contributed by atoms with E-state index >= 15 is 0 Å². The molecule has 1 fully saturated rings. The Bertz CT molecular complexity index is 465. The van der Waals surface area contributed by atoms with Crippen molar-refractivity contribution in [2.75, 3.05) is 40.4 Å². The van der Waals surface area contributed by atoms with Gasteiger partial charge in [-0.3, -0.25) is 0 Å². The topological polar surface area (TPSA) is 62.8 Å². The summed E-state index contributed by atoms with van der Waals surface area (Å²) in [5.41, 5.74) is 1.13. The minimum absolute atomic E-state index is 0.0232. The van der Waals surface area contributed by atoms with Crippen LogP contribution in [0.1, 0.15) is 5.56 Å². The first-order valence-electron chi connectivity index (χ1n) is 6.71. The second-order valence-electron chi connectivity index (χ2n) is 4.58. The van der Waals surface area contributed by atoms with Gasteiger partial charge in [0.05, 0.1) is 13.7 Å². The standard InChI is InChI=1S/C14H21N3O3/c1-15-10-11-3-4-12(13(9-11)19-2)20-8-7-17-6-5-16-14(17)18/h3-4,9,15H,5-8,10H2,1-2H3,(H,16,18). The number of rotatable bonds is 7. The summed E-state index contributed by atoms with van der Waals surface area (Å²) in [6, 6.07) is 5.82. The summed E-state index contributed by atoms with van der Waals surface area (Å²) in [4.78, 5) is 13.1. The summed E-state index contributed by atoms with van der Waals surface area (Å²) < 4.78 is 11.0. The molecule has 1 aliphatic heterocycles. The fourth-order valence-corrected chi connectivity index (χ4v) is 2.14. The molecule has 0 radical (unpaired) electrons. The number of hydrogen-bond acceptors (Lipinski definition) is 4. The molecule has 0 spiro atoms. The van der Waals surface area contributed by atoms with Crippen LogP contribution in [-0.2, 0) is 6.54 Å². The molecular weight excluding hydrogens is 258 g/mol. The molecule has 1 aliphatic rings. The zero-order valence-electron chi connectivity index (χ0n) is 11.9. The molecule has 1 heterocycles. The van der Waals surface area contributed by atoms with Crippen molar-refractivity contribution in [3.63, 3.8) is 0 Å². The van der Waals surface area contributed by atoms with E-state index in [0.717, 1.165) is 18.7 Å². The van der Waals surface area contributed by atoms with E-state index in [-0.39, 0.29) is 6.03 Å². The van der Waals surface area contributed by atoms with Gasteiger partial charge in [0.15, 0.2) is 11.5 Å². The van der Waals surface area contributed by atoms with E-state index in [1.165, 1.54) is 0 Å². The molecule has 1 aromatic carbocycles. The third-order valence-corrected chi connectivity index (χ3v) is 3.17. The van der Waals surface area contributed by atoms with Gasteiger partial charge >= 0.3 is 6.03 Å². The lowest BCUT2D eigenvalue weighted by molar-refractivity contribution is 0.201. The minimum atomic E-state index is -0.0232. The lowest BCUT2D eigenvalue weighted by Crippen LogP contribution is -2.31. The second-order valence-corrected chi connectivity index (χ2v) is 4.58. The maximum Gasteiger partial charge on any atom is 0.317 e. The third kappa shape index (κ3) is 3.54. The van der Waals surface area contributed by atoms with Gasteiger partial charge in [-0.1, -0.05) is 6.07 Å². The SMILES string of the molecule is CNCc1ccc(OCCN2CCNC2=O)c(OC)c1.